The highest BCUT2D eigenvalue weighted by Gasteiger charge is 2.32. The number of aliphatic imine (C=N–C) groups is 1. The summed E-state index contributed by atoms with van der Waals surface area (Å²) in [5.74, 6) is 1.46. The Morgan fingerprint density at radius 2 is 1.86 bits per heavy atom. The Morgan fingerprint density at radius 1 is 1.17 bits per heavy atom. The number of anilines is 1. The van der Waals surface area contributed by atoms with E-state index in [2.05, 4.69) is 57.7 Å². The average Bonchev–Trinajstić information content (AvgIpc) is 3.56. The fourth-order valence-corrected chi connectivity index (χ4v) is 3.56. The van der Waals surface area contributed by atoms with E-state index < -0.39 is 0 Å². The molecule has 1 aliphatic heterocycles. The minimum atomic E-state index is -0.337. The molecule has 0 radical (unpaired) electrons. The van der Waals surface area contributed by atoms with Crippen LogP contribution < -0.4 is 15.5 Å². The van der Waals surface area contributed by atoms with Crippen molar-refractivity contribution in [3.8, 4) is 0 Å². The first kappa shape index (κ1) is 23.6. The predicted molar refractivity (Wildman–Crippen MR) is 128 cm³/mol. The van der Waals surface area contributed by atoms with E-state index >= 15 is 0 Å². The van der Waals surface area contributed by atoms with Crippen molar-refractivity contribution in [3.05, 3.63) is 30.3 Å². The van der Waals surface area contributed by atoms with Crippen molar-refractivity contribution in [2.24, 2.45) is 10.9 Å². The lowest BCUT2D eigenvalue weighted by atomic mass is 10.2. The second kappa shape index (κ2) is 12.1. The van der Waals surface area contributed by atoms with Crippen molar-refractivity contribution in [1.29, 1.82) is 0 Å². The molecule has 1 aliphatic carbocycles. The van der Waals surface area contributed by atoms with E-state index in [4.69, 9.17) is 9.73 Å². The van der Waals surface area contributed by atoms with Crippen LogP contribution >= 0.6 is 24.0 Å². The van der Waals surface area contributed by atoms with Gasteiger partial charge in [0.1, 0.15) is 0 Å². The molecule has 8 heteroatoms. The van der Waals surface area contributed by atoms with Gasteiger partial charge in [0.05, 0.1) is 19.2 Å². The van der Waals surface area contributed by atoms with Crippen LogP contribution in [0.2, 0.25) is 0 Å². The Hall–Kier alpha value is -1.71. The highest BCUT2D eigenvalue weighted by atomic mass is 127. The standard InChI is InChI=1S/C21H33N5O2.HI/c1-3-22-20(23-16-19(17-10-11-17)24-21(27)28-4-2)26-14-12-25(13-15-26)18-8-6-5-7-9-18;/h5-9,17,19H,3-4,10-16H2,1-2H3,(H,22,23)(H,24,27);1H. The number of hydrogen-bond donors (Lipinski definition) is 2. The SMILES string of the molecule is CCNC(=NCC(NC(=O)OCC)C1CC1)N1CCN(c2ccccc2)CC1.I. The first-order chi connectivity index (χ1) is 13.7. The van der Waals surface area contributed by atoms with Gasteiger partial charge < -0.3 is 25.2 Å². The molecular weight excluding hydrogens is 481 g/mol. The van der Waals surface area contributed by atoms with Crippen LogP contribution in [-0.2, 0) is 4.74 Å². The Morgan fingerprint density at radius 3 is 2.45 bits per heavy atom. The molecule has 1 saturated heterocycles. The molecular formula is C21H34IN5O2. The van der Waals surface area contributed by atoms with Gasteiger partial charge >= 0.3 is 6.09 Å². The summed E-state index contributed by atoms with van der Waals surface area (Å²) in [5, 5.41) is 6.40. The molecule has 2 aliphatic rings. The molecule has 2 N–H and O–H groups in total. The third-order valence-corrected chi connectivity index (χ3v) is 5.24. The molecule has 7 nitrogen and oxygen atoms in total. The summed E-state index contributed by atoms with van der Waals surface area (Å²) in [5.41, 5.74) is 1.27. The second-order valence-corrected chi connectivity index (χ2v) is 7.31. The maximum Gasteiger partial charge on any atom is 0.407 e. The van der Waals surface area contributed by atoms with Crippen molar-refractivity contribution in [2.75, 3.05) is 50.8 Å². The number of ether oxygens (including phenoxy) is 1. The number of para-hydroxylation sites is 1. The predicted octanol–water partition coefficient (Wildman–Crippen LogP) is 2.92. The molecule has 0 aromatic heterocycles. The van der Waals surface area contributed by atoms with Crippen LogP contribution in [0.1, 0.15) is 26.7 Å². The van der Waals surface area contributed by atoms with Gasteiger partial charge in [0.2, 0.25) is 0 Å². The van der Waals surface area contributed by atoms with Gasteiger partial charge in [-0.2, -0.15) is 0 Å². The summed E-state index contributed by atoms with van der Waals surface area (Å²) in [6.07, 6.45) is 1.97. The minimum absolute atomic E-state index is 0. The van der Waals surface area contributed by atoms with E-state index in [9.17, 15) is 4.79 Å². The Balaban J connectivity index is 0.00000300. The van der Waals surface area contributed by atoms with E-state index in [1.807, 2.05) is 6.92 Å². The number of nitrogens with one attached hydrogen (secondary N) is 2. The Kier molecular flexibility index (Phi) is 9.83. The van der Waals surface area contributed by atoms with Gasteiger partial charge in [-0.3, -0.25) is 4.99 Å². The molecule has 2 fully saturated rings. The molecule has 3 rings (SSSR count). The van der Waals surface area contributed by atoms with E-state index in [0.29, 0.717) is 19.1 Å². The first-order valence-electron chi connectivity index (χ1n) is 10.5. The van der Waals surface area contributed by atoms with Gasteiger partial charge in [0, 0.05) is 38.4 Å². The van der Waals surface area contributed by atoms with Gasteiger partial charge in [-0.15, -0.1) is 24.0 Å². The third-order valence-electron chi connectivity index (χ3n) is 5.24. The maximum absolute atomic E-state index is 11.8. The van der Waals surface area contributed by atoms with Crippen LogP contribution in [0.3, 0.4) is 0 Å². The molecule has 29 heavy (non-hydrogen) atoms. The Labute approximate surface area is 191 Å². The highest BCUT2D eigenvalue weighted by Crippen LogP contribution is 2.32. The fraction of sp³-hybridized carbons (Fsp3) is 0.619. The molecule has 1 aromatic rings. The average molecular weight is 515 g/mol. The van der Waals surface area contributed by atoms with Crippen LogP contribution in [0.15, 0.2) is 35.3 Å². The van der Waals surface area contributed by atoms with Gasteiger partial charge in [0.15, 0.2) is 5.96 Å². The monoisotopic (exact) mass is 515 g/mol. The summed E-state index contributed by atoms with van der Waals surface area (Å²) in [4.78, 5) is 21.4. The van der Waals surface area contributed by atoms with Crippen molar-refractivity contribution >= 4 is 41.7 Å². The smallest absolute Gasteiger partial charge is 0.407 e. The van der Waals surface area contributed by atoms with Gasteiger partial charge in [-0.1, -0.05) is 18.2 Å². The Bertz CT molecular complexity index is 646. The quantitative estimate of drug-likeness (QED) is 0.332. The van der Waals surface area contributed by atoms with Gasteiger partial charge in [-0.05, 0) is 44.7 Å². The second-order valence-electron chi connectivity index (χ2n) is 7.31. The number of piperazine rings is 1. The van der Waals surface area contributed by atoms with Gasteiger partial charge in [-0.25, -0.2) is 4.79 Å². The van der Waals surface area contributed by atoms with Crippen LogP contribution in [0.4, 0.5) is 10.5 Å². The summed E-state index contributed by atoms with van der Waals surface area (Å²) in [6.45, 7) is 9.53. The number of carbonyl (C=O) groups is 1. The molecule has 1 aromatic carbocycles. The number of hydrogen-bond acceptors (Lipinski definition) is 4. The number of halogens is 1. The lowest BCUT2D eigenvalue weighted by molar-refractivity contribution is 0.147. The van der Waals surface area contributed by atoms with Crippen molar-refractivity contribution < 1.29 is 9.53 Å². The number of carbonyl (C=O) groups excluding carboxylic acids is 1. The summed E-state index contributed by atoms with van der Waals surface area (Å²) in [6, 6.07) is 10.6. The lowest BCUT2D eigenvalue weighted by Gasteiger charge is -2.37. The van der Waals surface area contributed by atoms with Crippen LogP contribution in [0, 0.1) is 5.92 Å². The van der Waals surface area contributed by atoms with Crippen LogP contribution in [0.5, 0.6) is 0 Å². The van der Waals surface area contributed by atoms with Crippen molar-refractivity contribution in [2.45, 2.75) is 32.7 Å². The molecule has 1 saturated carbocycles. The summed E-state index contributed by atoms with van der Waals surface area (Å²) < 4.78 is 5.04. The zero-order chi connectivity index (χ0) is 19.8. The molecule has 0 spiro atoms. The van der Waals surface area contributed by atoms with E-state index in [0.717, 1.165) is 51.5 Å². The lowest BCUT2D eigenvalue weighted by Crippen LogP contribution is -2.53. The zero-order valence-corrected chi connectivity index (χ0v) is 19.8. The summed E-state index contributed by atoms with van der Waals surface area (Å²) in [7, 11) is 0. The van der Waals surface area contributed by atoms with E-state index in [1.54, 1.807) is 0 Å². The number of benzene rings is 1. The van der Waals surface area contributed by atoms with Crippen LogP contribution in [0.25, 0.3) is 0 Å². The first-order valence-corrected chi connectivity index (χ1v) is 10.5. The largest absolute Gasteiger partial charge is 0.450 e. The zero-order valence-electron chi connectivity index (χ0n) is 17.5. The minimum Gasteiger partial charge on any atom is -0.450 e. The topological polar surface area (TPSA) is 69.2 Å². The maximum atomic E-state index is 11.8. The molecule has 0 bridgehead atoms. The highest BCUT2D eigenvalue weighted by molar-refractivity contribution is 14.0. The van der Waals surface area contributed by atoms with E-state index in [-0.39, 0.29) is 36.1 Å². The number of nitrogens with zero attached hydrogens (tertiary/aromatic N) is 3. The van der Waals surface area contributed by atoms with Gasteiger partial charge in [0.25, 0.3) is 0 Å². The van der Waals surface area contributed by atoms with Crippen molar-refractivity contribution in [1.82, 2.24) is 15.5 Å². The number of amides is 1. The molecule has 1 heterocycles. The molecule has 162 valence electrons. The summed E-state index contributed by atoms with van der Waals surface area (Å²) >= 11 is 0. The number of rotatable bonds is 7. The third kappa shape index (κ3) is 7.24. The molecule has 1 atom stereocenters. The van der Waals surface area contributed by atoms with E-state index in [1.165, 1.54) is 5.69 Å². The molecule has 1 amide bonds. The number of alkyl carbamates (subject to hydrolysis) is 1. The van der Waals surface area contributed by atoms with Crippen molar-refractivity contribution in [3.63, 3.8) is 0 Å². The fourth-order valence-electron chi connectivity index (χ4n) is 3.56. The normalized spacial score (nSPS) is 17.9. The number of guanidine groups is 1. The molecule has 1 unspecified atom stereocenters. The van der Waals surface area contributed by atoms with Crippen LogP contribution in [-0.4, -0.2) is 68.9 Å².